The van der Waals surface area contributed by atoms with Crippen molar-refractivity contribution < 1.29 is 14.7 Å². The van der Waals surface area contributed by atoms with Crippen molar-refractivity contribution in [3.05, 3.63) is 18.5 Å². The van der Waals surface area contributed by atoms with E-state index in [9.17, 15) is 9.59 Å². The van der Waals surface area contributed by atoms with E-state index in [1.165, 1.54) is 4.68 Å². The van der Waals surface area contributed by atoms with Crippen LogP contribution in [0.3, 0.4) is 0 Å². The number of unbranched alkanes of at least 4 members (excludes halogenated alkanes) is 1. The van der Waals surface area contributed by atoms with E-state index in [1.54, 1.807) is 18.5 Å². The minimum atomic E-state index is -0.993. The molecule has 0 saturated carbocycles. The molecule has 1 rings (SSSR count). The number of carbonyl (C=O) groups is 2. The molecule has 1 heterocycles. The minimum absolute atomic E-state index is 0.0445. The number of carbonyl (C=O) groups excluding carboxylic acids is 1. The zero-order valence-corrected chi connectivity index (χ0v) is 9.80. The molecule has 0 aliphatic rings. The molecular weight excluding hydrogens is 222 g/mol. The number of aliphatic carboxylic acids is 1. The van der Waals surface area contributed by atoms with Crippen molar-refractivity contribution in [2.45, 2.75) is 38.8 Å². The fraction of sp³-hybridized carbons (Fsp3) is 0.545. The summed E-state index contributed by atoms with van der Waals surface area (Å²) in [6.07, 6.45) is 5.36. The summed E-state index contributed by atoms with van der Waals surface area (Å²) < 4.78 is 1.45. The Balaban J connectivity index is 2.43. The lowest BCUT2D eigenvalue weighted by atomic mass is 10.1. The predicted molar refractivity (Wildman–Crippen MR) is 61.3 cm³/mol. The van der Waals surface area contributed by atoms with Gasteiger partial charge in [0.1, 0.15) is 12.6 Å². The van der Waals surface area contributed by atoms with E-state index in [1.807, 2.05) is 6.92 Å². The Kier molecular flexibility index (Phi) is 5.19. The SMILES string of the molecule is CCCCC(NC(=O)Cn1cccn1)C(=O)O. The molecule has 17 heavy (non-hydrogen) atoms. The molecule has 1 unspecified atom stereocenters. The van der Waals surface area contributed by atoms with Crippen LogP contribution in [0, 0.1) is 0 Å². The molecule has 94 valence electrons. The van der Waals surface area contributed by atoms with Crippen LogP contribution in [-0.4, -0.2) is 32.8 Å². The van der Waals surface area contributed by atoms with E-state index < -0.39 is 12.0 Å². The third-order valence-corrected chi connectivity index (χ3v) is 2.34. The van der Waals surface area contributed by atoms with Gasteiger partial charge in [-0.3, -0.25) is 9.48 Å². The maximum absolute atomic E-state index is 11.6. The molecule has 1 atom stereocenters. The quantitative estimate of drug-likeness (QED) is 0.731. The van der Waals surface area contributed by atoms with Crippen LogP contribution >= 0.6 is 0 Å². The summed E-state index contributed by atoms with van der Waals surface area (Å²) in [5.74, 6) is -1.33. The molecule has 0 aromatic carbocycles. The van der Waals surface area contributed by atoms with Crippen LogP contribution in [0.15, 0.2) is 18.5 Å². The molecule has 2 N–H and O–H groups in total. The van der Waals surface area contributed by atoms with Crippen molar-refractivity contribution in [1.29, 1.82) is 0 Å². The fourth-order valence-electron chi connectivity index (χ4n) is 1.45. The number of aromatic nitrogens is 2. The number of amides is 1. The summed E-state index contributed by atoms with van der Waals surface area (Å²) in [6, 6.07) is 0.900. The van der Waals surface area contributed by atoms with Crippen molar-refractivity contribution in [2.24, 2.45) is 0 Å². The van der Waals surface area contributed by atoms with Gasteiger partial charge >= 0.3 is 5.97 Å². The Bertz CT molecular complexity index is 362. The molecule has 1 amide bonds. The minimum Gasteiger partial charge on any atom is -0.480 e. The first-order valence-electron chi connectivity index (χ1n) is 5.63. The Morgan fingerprint density at radius 1 is 1.53 bits per heavy atom. The average molecular weight is 239 g/mol. The number of rotatable bonds is 7. The van der Waals surface area contributed by atoms with Gasteiger partial charge in [0.15, 0.2) is 0 Å². The third kappa shape index (κ3) is 4.67. The van der Waals surface area contributed by atoms with Gasteiger partial charge in [0, 0.05) is 12.4 Å². The van der Waals surface area contributed by atoms with Gasteiger partial charge in [0.05, 0.1) is 0 Å². The molecule has 0 spiro atoms. The standard InChI is InChI=1S/C11H17N3O3/c1-2-3-5-9(11(16)17)13-10(15)8-14-7-4-6-12-14/h4,6-7,9H,2-3,5,8H2,1H3,(H,13,15)(H,16,17). The van der Waals surface area contributed by atoms with Crippen molar-refractivity contribution in [3.63, 3.8) is 0 Å². The van der Waals surface area contributed by atoms with Gasteiger partial charge < -0.3 is 10.4 Å². The summed E-state index contributed by atoms with van der Waals surface area (Å²) in [6.45, 7) is 2.02. The molecule has 0 saturated heterocycles. The molecule has 0 fully saturated rings. The topological polar surface area (TPSA) is 84.2 Å². The van der Waals surface area contributed by atoms with Crippen molar-refractivity contribution >= 4 is 11.9 Å². The first-order valence-corrected chi connectivity index (χ1v) is 5.63. The van der Waals surface area contributed by atoms with Gasteiger partial charge in [-0.2, -0.15) is 5.10 Å². The van der Waals surface area contributed by atoms with E-state index in [4.69, 9.17) is 5.11 Å². The normalized spacial score (nSPS) is 12.1. The highest BCUT2D eigenvalue weighted by atomic mass is 16.4. The van der Waals surface area contributed by atoms with E-state index in [0.717, 1.165) is 12.8 Å². The molecule has 6 heteroatoms. The fourth-order valence-corrected chi connectivity index (χ4v) is 1.45. The zero-order valence-electron chi connectivity index (χ0n) is 9.80. The van der Waals surface area contributed by atoms with Crippen LogP contribution in [0.25, 0.3) is 0 Å². The maximum atomic E-state index is 11.6. The van der Waals surface area contributed by atoms with Crippen molar-refractivity contribution in [3.8, 4) is 0 Å². The van der Waals surface area contributed by atoms with Crippen LogP contribution in [0.5, 0.6) is 0 Å². The lowest BCUT2D eigenvalue weighted by Crippen LogP contribution is -2.42. The van der Waals surface area contributed by atoms with E-state index >= 15 is 0 Å². The average Bonchev–Trinajstić information content (AvgIpc) is 2.76. The summed E-state index contributed by atoms with van der Waals surface area (Å²) in [5, 5.41) is 15.3. The molecule has 6 nitrogen and oxygen atoms in total. The predicted octanol–water partition coefficient (Wildman–Crippen LogP) is 0.643. The Hall–Kier alpha value is -1.85. The Labute approximate surface area is 99.6 Å². The van der Waals surface area contributed by atoms with E-state index in [2.05, 4.69) is 10.4 Å². The van der Waals surface area contributed by atoms with Gasteiger partial charge in [-0.25, -0.2) is 4.79 Å². The molecule has 0 aliphatic heterocycles. The molecule has 1 aromatic rings. The maximum Gasteiger partial charge on any atom is 0.326 e. The smallest absolute Gasteiger partial charge is 0.326 e. The Morgan fingerprint density at radius 3 is 2.82 bits per heavy atom. The lowest BCUT2D eigenvalue weighted by Gasteiger charge is -2.13. The van der Waals surface area contributed by atoms with Gasteiger partial charge in [-0.1, -0.05) is 19.8 Å². The van der Waals surface area contributed by atoms with Crippen LogP contribution in [0.4, 0.5) is 0 Å². The molecule has 0 bridgehead atoms. The summed E-state index contributed by atoms with van der Waals surface area (Å²) in [5.41, 5.74) is 0. The number of hydrogen-bond donors (Lipinski definition) is 2. The van der Waals surface area contributed by atoms with Crippen molar-refractivity contribution in [2.75, 3.05) is 0 Å². The van der Waals surface area contributed by atoms with Gasteiger partial charge in [0.2, 0.25) is 5.91 Å². The summed E-state index contributed by atoms with van der Waals surface area (Å²) >= 11 is 0. The number of hydrogen-bond acceptors (Lipinski definition) is 3. The molecule has 1 aromatic heterocycles. The van der Waals surface area contributed by atoms with Crippen molar-refractivity contribution in [1.82, 2.24) is 15.1 Å². The molecule has 0 radical (unpaired) electrons. The highest BCUT2D eigenvalue weighted by Gasteiger charge is 2.19. The first-order chi connectivity index (χ1) is 8.13. The van der Waals surface area contributed by atoms with Crippen LogP contribution in [0.2, 0.25) is 0 Å². The molecular formula is C11H17N3O3. The zero-order chi connectivity index (χ0) is 12.7. The summed E-state index contributed by atoms with van der Waals surface area (Å²) in [4.78, 5) is 22.5. The number of nitrogens with one attached hydrogen (secondary N) is 1. The molecule has 0 aliphatic carbocycles. The first kappa shape index (κ1) is 13.2. The highest BCUT2D eigenvalue weighted by molar-refractivity contribution is 5.83. The van der Waals surface area contributed by atoms with E-state index in [0.29, 0.717) is 6.42 Å². The van der Waals surface area contributed by atoms with Gasteiger partial charge in [0.25, 0.3) is 0 Å². The van der Waals surface area contributed by atoms with Crippen LogP contribution in [-0.2, 0) is 16.1 Å². The highest BCUT2D eigenvalue weighted by Crippen LogP contribution is 2.01. The van der Waals surface area contributed by atoms with Gasteiger partial charge in [-0.05, 0) is 12.5 Å². The lowest BCUT2D eigenvalue weighted by molar-refractivity contribution is -0.142. The van der Waals surface area contributed by atoms with Gasteiger partial charge in [-0.15, -0.1) is 0 Å². The largest absolute Gasteiger partial charge is 0.480 e. The van der Waals surface area contributed by atoms with E-state index in [-0.39, 0.29) is 12.5 Å². The second kappa shape index (κ2) is 6.67. The van der Waals surface area contributed by atoms with Crippen LogP contribution < -0.4 is 5.32 Å². The number of nitrogens with zero attached hydrogens (tertiary/aromatic N) is 2. The van der Waals surface area contributed by atoms with Crippen LogP contribution in [0.1, 0.15) is 26.2 Å². The second-order valence-corrected chi connectivity index (χ2v) is 3.80. The Morgan fingerprint density at radius 2 is 2.29 bits per heavy atom. The second-order valence-electron chi connectivity index (χ2n) is 3.80. The third-order valence-electron chi connectivity index (χ3n) is 2.34. The number of carboxylic acids is 1. The summed E-state index contributed by atoms with van der Waals surface area (Å²) in [7, 11) is 0. The monoisotopic (exact) mass is 239 g/mol. The number of carboxylic acid groups (broad SMARTS) is 1.